The Kier molecular flexibility index (Phi) is 6.74. The molecule has 0 aromatic heterocycles. The summed E-state index contributed by atoms with van der Waals surface area (Å²) in [5.74, 6) is 0.718. The molecule has 0 aliphatic rings. The molecule has 0 spiro atoms. The molecule has 0 aromatic carbocycles. The minimum absolute atomic E-state index is 0.00656. The third-order valence-corrected chi connectivity index (χ3v) is 1.31. The molecule has 0 fully saturated rings. The molecule has 0 saturated heterocycles. The lowest BCUT2D eigenvalue weighted by molar-refractivity contribution is -0.121. The van der Waals surface area contributed by atoms with E-state index in [1.165, 1.54) is 0 Å². The van der Waals surface area contributed by atoms with Crippen LogP contribution in [0.4, 0.5) is 0 Å². The highest BCUT2D eigenvalue weighted by Gasteiger charge is 1.96. The van der Waals surface area contributed by atoms with Crippen molar-refractivity contribution in [3.63, 3.8) is 0 Å². The van der Waals surface area contributed by atoms with Crippen LogP contribution in [0.3, 0.4) is 0 Å². The van der Waals surface area contributed by atoms with Gasteiger partial charge in [-0.25, -0.2) is 0 Å². The average Bonchev–Trinajstić information content (AvgIpc) is 1.97. The molecule has 0 bridgehead atoms. The summed E-state index contributed by atoms with van der Waals surface area (Å²) in [6, 6.07) is 0. The van der Waals surface area contributed by atoms with E-state index in [1.54, 1.807) is 0 Å². The number of hydrogen-bond acceptors (Lipinski definition) is 3. The van der Waals surface area contributed by atoms with E-state index in [9.17, 15) is 4.79 Å². The number of nitrogens with one attached hydrogen (secondary N) is 1. The van der Waals surface area contributed by atoms with Crippen molar-refractivity contribution in [3.8, 4) is 0 Å². The van der Waals surface area contributed by atoms with Gasteiger partial charge in [-0.15, -0.1) is 0 Å². The molecule has 0 aliphatic carbocycles. The maximum Gasteiger partial charge on any atom is 0.220 e. The highest BCUT2D eigenvalue weighted by atomic mass is 32.1. The number of hydrogen-bond donors (Lipinski definition) is 3. The van der Waals surface area contributed by atoms with E-state index in [4.69, 9.17) is 5.11 Å². The quantitative estimate of drug-likeness (QED) is 0.492. The van der Waals surface area contributed by atoms with Crippen molar-refractivity contribution in [1.82, 2.24) is 5.32 Å². The van der Waals surface area contributed by atoms with Gasteiger partial charge in [0.2, 0.25) is 5.91 Å². The first-order valence-corrected chi connectivity index (χ1v) is 3.93. The lowest BCUT2D eigenvalue weighted by atomic mass is 10.3. The van der Waals surface area contributed by atoms with E-state index < -0.39 is 0 Å². The molecule has 0 aliphatic heterocycles. The summed E-state index contributed by atoms with van der Waals surface area (Å²) in [7, 11) is 0. The summed E-state index contributed by atoms with van der Waals surface area (Å²) >= 11 is 3.96. The van der Waals surface area contributed by atoms with Crippen molar-refractivity contribution in [2.24, 2.45) is 0 Å². The van der Waals surface area contributed by atoms with Gasteiger partial charge in [0, 0.05) is 13.0 Å². The standard InChI is InChI=1S/C6H13NO2S/c8-4-3-7-6(9)2-1-5-10/h8,10H,1-5H2,(H,7,9). The van der Waals surface area contributed by atoms with E-state index in [1.807, 2.05) is 0 Å². The molecule has 0 atom stereocenters. The van der Waals surface area contributed by atoms with E-state index >= 15 is 0 Å². The second-order valence-corrected chi connectivity index (χ2v) is 2.35. The smallest absolute Gasteiger partial charge is 0.220 e. The fourth-order valence-electron chi connectivity index (χ4n) is 0.523. The molecule has 0 rings (SSSR count). The van der Waals surface area contributed by atoms with Gasteiger partial charge in [0.15, 0.2) is 0 Å². The Hall–Kier alpha value is -0.220. The zero-order chi connectivity index (χ0) is 7.82. The van der Waals surface area contributed by atoms with Crippen LogP contribution in [0, 0.1) is 0 Å². The summed E-state index contributed by atoms with van der Waals surface area (Å²) in [4.78, 5) is 10.7. The summed E-state index contributed by atoms with van der Waals surface area (Å²) in [5, 5.41) is 10.9. The van der Waals surface area contributed by atoms with Crippen LogP contribution in [0.1, 0.15) is 12.8 Å². The van der Waals surface area contributed by atoms with Crippen LogP contribution in [-0.2, 0) is 4.79 Å². The fraction of sp³-hybridized carbons (Fsp3) is 0.833. The molecule has 3 nitrogen and oxygen atoms in total. The average molecular weight is 163 g/mol. The number of rotatable bonds is 5. The lowest BCUT2D eigenvalue weighted by Crippen LogP contribution is -2.25. The summed E-state index contributed by atoms with van der Waals surface area (Å²) in [6.45, 7) is 0.359. The molecular weight excluding hydrogens is 150 g/mol. The van der Waals surface area contributed by atoms with Crippen molar-refractivity contribution in [2.45, 2.75) is 12.8 Å². The first-order valence-electron chi connectivity index (χ1n) is 3.29. The van der Waals surface area contributed by atoms with Crippen molar-refractivity contribution in [3.05, 3.63) is 0 Å². The third-order valence-electron chi connectivity index (χ3n) is 0.996. The lowest BCUT2D eigenvalue weighted by Gasteiger charge is -2.00. The summed E-state index contributed by atoms with van der Waals surface area (Å²) < 4.78 is 0. The molecule has 0 aromatic rings. The predicted molar refractivity (Wildman–Crippen MR) is 43.2 cm³/mol. The fourth-order valence-corrected chi connectivity index (χ4v) is 0.681. The number of aliphatic hydroxyl groups is 1. The van der Waals surface area contributed by atoms with E-state index in [2.05, 4.69) is 17.9 Å². The monoisotopic (exact) mass is 163 g/mol. The molecule has 0 unspecified atom stereocenters. The van der Waals surface area contributed by atoms with Crippen LogP contribution < -0.4 is 5.32 Å². The maximum absolute atomic E-state index is 10.7. The molecule has 1 amide bonds. The largest absolute Gasteiger partial charge is 0.395 e. The minimum atomic E-state index is -0.0110. The van der Waals surface area contributed by atoms with Crippen LogP contribution in [0.25, 0.3) is 0 Å². The topological polar surface area (TPSA) is 49.3 Å². The van der Waals surface area contributed by atoms with Gasteiger partial charge in [0.1, 0.15) is 0 Å². The van der Waals surface area contributed by atoms with E-state index in [0.717, 1.165) is 12.2 Å². The van der Waals surface area contributed by atoms with Crippen LogP contribution in [-0.4, -0.2) is 29.9 Å². The predicted octanol–water partition coefficient (Wildman–Crippen LogP) is -0.195. The Morgan fingerprint density at radius 1 is 1.60 bits per heavy atom. The number of aliphatic hydroxyl groups excluding tert-OH is 1. The Balaban J connectivity index is 3.09. The van der Waals surface area contributed by atoms with Crippen molar-refractivity contribution >= 4 is 18.5 Å². The number of amides is 1. The molecule has 0 saturated carbocycles. The first-order chi connectivity index (χ1) is 4.81. The normalized spacial score (nSPS) is 9.40. The molecule has 60 valence electrons. The van der Waals surface area contributed by atoms with Gasteiger partial charge in [0.25, 0.3) is 0 Å². The minimum Gasteiger partial charge on any atom is -0.395 e. The van der Waals surface area contributed by atoms with Gasteiger partial charge in [-0.1, -0.05) is 0 Å². The van der Waals surface area contributed by atoms with Gasteiger partial charge >= 0.3 is 0 Å². The van der Waals surface area contributed by atoms with Crippen LogP contribution >= 0.6 is 12.6 Å². The van der Waals surface area contributed by atoms with Gasteiger partial charge in [-0.3, -0.25) is 4.79 Å². The Morgan fingerprint density at radius 3 is 2.80 bits per heavy atom. The number of carbonyl (C=O) groups is 1. The number of thiol groups is 1. The third kappa shape index (κ3) is 5.91. The Morgan fingerprint density at radius 2 is 2.30 bits per heavy atom. The van der Waals surface area contributed by atoms with Gasteiger partial charge in [-0.2, -0.15) is 12.6 Å². The first kappa shape index (κ1) is 9.78. The highest BCUT2D eigenvalue weighted by Crippen LogP contribution is 1.89. The van der Waals surface area contributed by atoms with E-state index in [0.29, 0.717) is 13.0 Å². The summed E-state index contributed by atoms with van der Waals surface area (Å²) in [5.41, 5.74) is 0. The molecule has 0 radical (unpaired) electrons. The second-order valence-electron chi connectivity index (χ2n) is 1.90. The van der Waals surface area contributed by atoms with Crippen molar-refractivity contribution < 1.29 is 9.90 Å². The zero-order valence-corrected chi connectivity index (χ0v) is 6.73. The van der Waals surface area contributed by atoms with Crippen LogP contribution in [0.2, 0.25) is 0 Å². The van der Waals surface area contributed by atoms with E-state index in [-0.39, 0.29) is 12.5 Å². The zero-order valence-electron chi connectivity index (χ0n) is 5.84. The SMILES string of the molecule is O=C(CCCS)NCCO. The highest BCUT2D eigenvalue weighted by molar-refractivity contribution is 7.80. The summed E-state index contributed by atoms with van der Waals surface area (Å²) in [6.07, 6.45) is 1.30. The van der Waals surface area contributed by atoms with Crippen LogP contribution in [0.15, 0.2) is 0 Å². The Labute approximate surface area is 66.2 Å². The Bertz CT molecular complexity index is 87.7. The molecule has 2 N–H and O–H groups in total. The molecule has 4 heteroatoms. The van der Waals surface area contributed by atoms with Gasteiger partial charge < -0.3 is 10.4 Å². The van der Waals surface area contributed by atoms with Gasteiger partial charge in [-0.05, 0) is 12.2 Å². The van der Waals surface area contributed by atoms with Crippen molar-refractivity contribution in [2.75, 3.05) is 18.9 Å². The second kappa shape index (κ2) is 6.89. The molecule has 10 heavy (non-hydrogen) atoms. The van der Waals surface area contributed by atoms with Crippen molar-refractivity contribution in [1.29, 1.82) is 0 Å². The maximum atomic E-state index is 10.7. The number of carbonyl (C=O) groups excluding carboxylic acids is 1. The molecule has 0 heterocycles. The van der Waals surface area contributed by atoms with Gasteiger partial charge in [0.05, 0.1) is 6.61 Å². The van der Waals surface area contributed by atoms with Crippen LogP contribution in [0.5, 0.6) is 0 Å². The molecular formula is C6H13NO2S.